The van der Waals surface area contributed by atoms with E-state index in [-0.39, 0.29) is 88.7 Å². The van der Waals surface area contributed by atoms with Gasteiger partial charge in [0.2, 0.25) is 0 Å². The minimum Gasteiger partial charge on any atom is -0.822 e. The van der Waals surface area contributed by atoms with Crippen molar-refractivity contribution >= 4 is 15.8 Å². The number of rotatable bonds is 0. The third kappa shape index (κ3) is 197. The Kier molecular flexibility index (Phi) is 40.6. The van der Waals surface area contributed by atoms with Crippen LogP contribution >= 0.6 is 7.82 Å². The number of nitrogens with zero attached hydrogens (tertiary/aromatic N) is 1. The fraction of sp³-hybridized carbons (Fsp3) is 1.00. The zero-order chi connectivity index (χ0) is 8.08. The molecule has 0 bridgehead atoms. The van der Waals surface area contributed by atoms with Gasteiger partial charge >= 0.3 is 88.7 Å². The van der Waals surface area contributed by atoms with Crippen LogP contribution in [0.5, 0.6) is 0 Å². The Labute approximate surface area is 140 Å². The van der Waals surface area contributed by atoms with Gasteiger partial charge in [-0.1, -0.05) is 0 Å². The van der Waals surface area contributed by atoms with Crippen LogP contribution in [0.1, 0.15) is 0 Å². The van der Waals surface area contributed by atoms with Crippen LogP contribution in [0.3, 0.4) is 0 Å². The monoisotopic (exact) mass is 219 g/mol. The fourth-order valence-electron chi connectivity index (χ4n) is 0. The molecular formula is C2H6BNNa3O4P. The van der Waals surface area contributed by atoms with Gasteiger partial charge in [0, 0.05) is 0 Å². The molecule has 54 valence electrons. The summed E-state index contributed by atoms with van der Waals surface area (Å²) in [7, 11) is 3.11. The molecule has 2 radical (unpaired) electrons. The molecule has 0 aliphatic heterocycles. The van der Waals surface area contributed by atoms with E-state index in [1.54, 1.807) is 14.1 Å². The van der Waals surface area contributed by atoms with Crippen molar-refractivity contribution in [2.75, 3.05) is 14.1 Å². The first-order chi connectivity index (χ1) is 3.73. The summed E-state index contributed by atoms with van der Waals surface area (Å²) in [6.07, 6.45) is 0. The van der Waals surface area contributed by atoms with E-state index in [2.05, 4.69) is 0 Å². The first-order valence-electron chi connectivity index (χ1n) is 1.88. The van der Waals surface area contributed by atoms with E-state index in [0.717, 1.165) is 0 Å². The molecule has 0 saturated carbocycles. The molecule has 0 amide bonds. The van der Waals surface area contributed by atoms with E-state index in [9.17, 15) is 0 Å². The molecule has 0 heterocycles. The van der Waals surface area contributed by atoms with E-state index in [1.807, 2.05) is 0 Å². The Balaban J connectivity index is -0.0000000221. The Bertz CT molecular complexity index is 99.5. The molecule has 0 aromatic rings. The summed E-state index contributed by atoms with van der Waals surface area (Å²) < 4.78 is 8.55. The van der Waals surface area contributed by atoms with E-state index in [1.165, 1.54) is 4.81 Å². The average molecular weight is 219 g/mol. The van der Waals surface area contributed by atoms with Crippen molar-refractivity contribution in [3.8, 4) is 0 Å². The van der Waals surface area contributed by atoms with Crippen molar-refractivity contribution in [1.82, 2.24) is 4.81 Å². The molecule has 0 spiro atoms. The molecule has 0 N–H and O–H groups in total. The quantitative estimate of drug-likeness (QED) is 0.298. The second-order valence-electron chi connectivity index (χ2n) is 1.41. The Morgan fingerprint density at radius 3 is 1.08 bits per heavy atom. The third-order valence-electron chi connectivity index (χ3n) is 0. The maximum atomic E-state index is 8.55. The molecule has 0 unspecified atom stereocenters. The first-order valence-corrected chi connectivity index (χ1v) is 3.34. The van der Waals surface area contributed by atoms with Crippen LogP contribution in [0.25, 0.3) is 0 Å². The van der Waals surface area contributed by atoms with Crippen LogP contribution in [0.2, 0.25) is 0 Å². The molecule has 5 nitrogen and oxygen atoms in total. The van der Waals surface area contributed by atoms with Gasteiger partial charge in [0.1, 0.15) is 0 Å². The Hall–Kier alpha value is 3.13. The molecule has 0 saturated heterocycles. The van der Waals surface area contributed by atoms with E-state index in [0.29, 0.717) is 0 Å². The molecule has 0 aromatic heterocycles. The maximum Gasteiger partial charge on any atom is 1.00 e. The van der Waals surface area contributed by atoms with Crippen molar-refractivity contribution < 1.29 is 108 Å². The SMILES string of the molecule is O=P([O-])([O-])[O-].[B]N(C)C.[Na+].[Na+].[Na+]. The van der Waals surface area contributed by atoms with Gasteiger partial charge in [-0.2, -0.15) is 7.82 Å². The van der Waals surface area contributed by atoms with Gasteiger partial charge in [-0.3, -0.25) is 0 Å². The minimum absolute atomic E-state index is 0. The van der Waals surface area contributed by atoms with Gasteiger partial charge in [-0.25, -0.2) is 0 Å². The van der Waals surface area contributed by atoms with E-state index in [4.69, 9.17) is 27.2 Å². The van der Waals surface area contributed by atoms with Crippen LogP contribution in [0.4, 0.5) is 0 Å². The van der Waals surface area contributed by atoms with Crippen molar-refractivity contribution in [2.24, 2.45) is 0 Å². The summed E-state index contributed by atoms with van der Waals surface area (Å²) >= 11 is 0. The number of phosphoric acid groups is 1. The fourth-order valence-corrected chi connectivity index (χ4v) is 0. The van der Waals surface area contributed by atoms with Gasteiger partial charge in [-0.15, -0.1) is 0 Å². The van der Waals surface area contributed by atoms with Crippen LogP contribution in [-0.2, 0) is 4.57 Å². The summed E-state index contributed by atoms with van der Waals surface area (Å²) in [6, 6.07) is 0. The summed E-state index contributed by atoms with van der Waals surface area (Å²) in [5.41, 5.74) is 0. The molecule has 12 heavy (non-hydrogen) atoms. The molecule has 0 aliphatic carbocycles. The normalized spacial score (nSPS) is 7.83. The van der Waals surface area contributed by atoms with Crippen LogP contribution in [0, 0.1) is 0 Å². The number of hydrogen-bond acceptors (Lipinski definition) is 5. The maximum absolute atomic E-state index is 8.55. The molecular weight excluding hydrogens is 213 g/mol. The van der Waals surface area contributed by atoms with Gasteiger partial charge < -0.3 is 24.1 Å². The molecule has 0 aliphatic rings. The Morgan fingerprint density at radius 1 is 1.08 bits per heavy atom. The molecule has 0 atom stereocenters. The second-order valence-corrected chi connectivity index (χ2v) is 2.31. The Morgan fingerprint density at radius 2 is 1.08 bits per heavy atom. The average Bonchev–Trinajstić information content (AvgIpc) is 1.19. The topological polar surface area (TPSA) is 89.5 Å². The standard InChI is InChI=1S/C2H6BN.3Na.H3O4P/c1-4(2)3;;;;1-5(2,3)4/h1-2H3;;;;(H3,1,2,3,4)/q;3*+1;/p-3. The summed E-state index contributed by atoms with van der Waals surface area (Å²) in [4.78, 5) is 27.1. The largest absolute Gasteiger partial charge is 1.00 e. The smallest absolute Gasteiger partial charge is 0.822 e. The van der Waals surface area contributed by atoms with E-state index < -0.39 is 7.82 Å². The van der Waals surface area contributed by atoms with Gasteiger partial charge in [0.05, 0.1) is 0 Å². The van der Waals surface area contributed by atoms with Crippen molar-refractivity contribution in [3.63, 3.8) is 0 Å². The zero-order valence-corrected chi connectivity index (χ0v) is 15.0. The molecule has 0 aromatic carbocycles. The third-order valence-corrected chi connectivity index (χ3v) is 0. The summed E-state index contributed by atoms with van der Waals surface area (Å²) in [5, 5.41) is 0. The van der Waals surface area contributed by atoms with Crippen molar-refractivity contribution in [1.29, 1.82) is 0 Å². The first kappa shape index (κ1) is 29.4. The van der Waals surface area contributed by atoms with Crippen LogP contribution < -0.4 is 103 Å². The van der Waals surface area contributed by atoms with Gasteiger partial charge in [0.15, 0.2) is 7.98 Å². The van der Waals surface area contributed by atoms with Crippen LogP contribution in [-0.4, -0.2) is 26.9 Å². The van der Waals surface area contributed by atoms with Gasteiger partial charge in [-0.05, 0) is 14.1 Å². The zero-order valence-electron chi connectivity index (χ0n) is 8.10. The molecule has 0 rings (SSSR count). The minimum atomic E-state index is -5.39. The van der Waals surface area contributed by atoms with Crippen molar-refractivity contribution in [3.05, 3.63) is 0 Å². The van der Waals surface area contributed by atoms with Crippen molar-refractivity contribution in [2.45, 2.75) is 0 Å². The van der Waals surface area contributed by atoms with Crippen LogP contribution in [0.15, 0.2) is 0 Å². The van der Waals surface area contributed by atoms with Gasteiger partial charge in [0.25, 0.3) is 0 Å². The second kappa shape index (κ2) is 16.6. The predicted molar refractivity (Wildman–Crippen MR) is 27.0 cm³/mol. The predicted octanol–water partition coefficient (Wildman–Crippen LogP) is -12.2. The summed E-state index contributed by atoms with van der Waals surface area (Å²) in [5.74, 6) is 0. The molecule has 0 fully saturated rings. The summed E-state index contributed by atoms with van der Waals surface area (Å²) in [6.45, 7) is 0. The molecule has 10 heteroatoms. The van der Waals surface area contributed by atoms with E-state index >= 15 is 0 Å². The number of hydrogen-bond donors (Lipinski definition) is 0.